The van der Waals surface area contributed by atoms with Gasteiger partial charge in [0.05, 0.1) is 22.6 Å². The number of aryl methyl sites for hydroxylation is 2. The molecule has 4 heteroatoms. The van der Waals surface area contributed by atoms with Crippen molar-refractivity contribution in [3.8, 4) is 5.69 Å². The molecule has 1 heterocycles. The number of ketones is 1. The number of Topliss-reactive ketones (excluding diaryl/α,β-unsaturated/α-hetero) is 1. The van der Waals surface area contributed by atoms with Gasteiger partial charge in [0.1, 0.15) is 0 Å². The Hall–Kier alpha value is -2.39. The van der Waals surface area contributed by atoms with Crippen LogP contribution in [0.25, 0.3) is 5.69 Å². The molecule has 0 saturated heterocycles. The van der Waals surface area contributed by atoms with Crippen LogP contribution in [0.15, 0.2) is 48.5 Å². The van der Waals surface area contributed by atoms with Gasteiger partial charge in [-0.1, -0.05) is 35.9 Å². The molecule has 0 spiro atoms. The Kier molecular flexibility index (Phi) is 3.97. The molecule has 0 fully saturated rings. The van der Waals surface area contributed by atoms with Crippen LogP contribution in [-0.2, 0) is 6.42 Å². The number of rotatable bonds is 2. The van der Waals surface area contributed by atoms with E-state index in [1.807, 2.05) is 41.9 Å². The van der Waals surface area contributed by atoms with Gasteiger partial charge in [-0.25, -0.2) is 4.68 Å². The van der Waals surface area contributed by atoms with Crippen LogP contribution in [-0.4, -0.2) is 15.6 Å². The summed E-state index contributed by atoms with van der Waals surface area (Å²) >= 11 is 6.15. The van der Waals surface area contributed by atoms with Crippen LogP contribution in [0, 0.1) is 13.8 Å². The lowest BCUT2D eigenvalue weighted by atomic mass is 9.81. The second-order valence-corrected chi connectivity index (χ2v) is 7.18. The monoisotopic (exact) mass is 350 g/mol. The third-order valence-corrected chi connectivity index (χ3v) is 5.11. The molecule has 3 aromatic rings. The third kappa shape index (κ3) is 2.89. The van der Waals surface area contributed by atoms with Gasteiger partial charge in [0.25, 0.3) is 0 Å². The number of halogens is 1. The van der Waals surface area contributed by atoms with E-state index in [9.17, 15) is 4.79 Å². The van der Waals surface area contributed by atoms with Crippen LogP contribution >= 0.6 is 11.6 Å². The third-order valence-electron chi connectivity index (χ3n) is 4.87. The average molecular weight is 351 g/mol. The minimum Gasteiger partial charge on any atom is -0.294 e. The minimum atomic E-state index is 0.137. The molecule has 25 heavy (non-hydrogen) atoms. The summed E-state index contributed by atoms with van der Waals surface area (Å²) in [5.74, 6) is 0.306. The van der Waals surface area contributed by atoms with Crippen molar-refractivity contribution >= 4 is 17.4 Å². The molecular formula is C21H19ClN2O. The molecule has 1 aromatic heterocycles. The molecule has 4 rings (SSSR count). The van der Waals surface area contributed by atoms with Gasteiger partial charge in [-0.15, -0.1) is 0 Å². The van der Waals surface area contributed by atoms with E-state index in [0.29, 0.717) is 11.4 Å². The standard InChI is InChI=1S/C21H19ClN2O/c1-13-5-3-8-18(9-13)24-19-11-16(15-6-4-7-17(22)10-15)12-20(25)21(19)14(2)23-24/h3-10,16H,11-12H2,1-2H3. The molecule has 2 aromatic carbocycles. The Labute approximate surface area is 152 Å². The number of aromatic nitrogens is 2. The quantitative estimate of drug-likeness (QED) is 0.647. The van der Waals surface area contributed by atoms with Crippen LogP contribution in [0.1, 0.15) is 45.2 Å². The Morgan fingerprint density at radius 1 is 1.08 bits per heavy atom. The second-order valence-electron chi connectivity index (χ2n) is 6.74. The number of carbonyl (C=O) groups is 1. The minimum absolute atomic E-state index is 0.137. The summed E-state index contributed by atoms with van der Waals surface area (Å²) in [6, 6.07) is 16.0. The maximum atomic E-state index is 12.8. The van der Waals surface area contributed by atoms with Gasteiger partial charge in [-0.2, -0.15) is 5.10 Å². The zero-order valence-electron chi connectivity index (χ0n) is 14.3. The van der Waals surface area contributed by atoms with Gasteiger partial charge >= 0.3 is 0 Å². The van der Waals surface area contributed by atoms with Crippen molar-refractivity contribution in [3.63, 3.8) is 0 Å². The van der Waals surface area contributed by atoms with Crippen LogP contribution in [0.3, 0.4) is 0 Å². The van der Waals surface area contributed by atoms with E-state index in [1.165, 1.54) is 5.56 Å². The fourth-order valence-electron chi connectivity index (χ4n) is 3.73. The SMILES string of the molecule is Cc1cccc(-n2nc(C)c3c2CC(c2cccc(Cl)c2)CC3=O)c1. The first-order valence-corrected chi connectivity index (χ1v) is 8.85. The van der Waals surface area contributed by atoms with Crippen LogP contribution in [0.2, 0.25) is 5.02 Å². The number of carbonyl (C=O) groups excluding carboxylic acids is 1. The van der Waals surface area contributed by atoms with E-state index in [-0.39, 0.29) is 11.7 Å². The van der Waals surface area contributed by atoms with E-state index in [4.69, 9.17) is 11.6 Å². The summed E-state index contributed by atoms with van der Waals surface area (Å²) in [6.45, 7) is 3.98. The number of hydrogen-bond donors (Lipinski definition) is 0. The van der Waals surface area contributed by atoms with E-state index in [1.54, 1.807) is 0 Å². The molecule has 1 aliphatic carbocycles. The Morgan fingerprint density at radius 3 is 2.64 bits per heavy atom. The summed E-state index contributed by atoms with van der Waals surface area (Å²) in [5, 5.41) is 5.38. The molecule has 0 N–H and O–H groups in total. The zero-order valence-corrected chi connectivity index (χ0v) is 15.0. The molecular weight excluding hydrogens is 332 g/mol. The lowest BCUT2D eigenvalue weighted by Crippen LogP contribution is -2.20. The number of benzene rings is 2. The largest absolute Gasteiger partial charge is 0.294 e. The first-order valence-electron chi connectivity index (χ1n) is 8.47. The number of fused-ring (bicyclic) bond motifs is 1. The Morgan fingerprint density at radius 2 is 1.88 bits per heavy atom. The highest BCUT2D eigenvalue weighted by molar-refractivity contribution is 6.30. The predicted molar refractivity (Wildman–Crippen MR) is 99.9 cm³/mol. The van der Waals surface area contributed by atoms with Gasteiger partial charge < -0.3 is 0 Å². The molecule has 0 bridgehead atoms. The number of nitrogens with zero attached hydrogens (tertiary/aromatic N) is 2. The van der Waals surface area contributed by atoms with Gasteiger partial charge in [0, 0.05) is 11.4 Å². The first kappa shape index (κ1) is 16.1. The van der Waals surface area contributed by atoms with E-state index in [2.05, 4.69) is 30.2 Å². The molecule has 0 amide bonds. The Bertz CT molecular complexity index is 974. The zero-order chi connectivity index (χ0) is 17.6. The van der Waals surface area contributed by atoms with Crippen molar-refractivity contribution in [1.82, 2.24) is 9.78 Å². The molecule has 1 unspecified atom stereocenters. The van der Waals surface area contributed by atoms with Gasteiger partial charge in [0.2, 0.25) is 0 Å². The topological polar surface area (TPSA) is 34.9 Å². The predicted octanol–water partition coefficient (Wildman–Crippen LogP) is 5.06. The molecule has 126 valence electrons. The maximum absolute atomic E-state index is 12.8. The van der Waals surface area contributed by atoms with Gasteiger partial charge in [-0.05, 0) is 61.6 Å². The van der Waals surface area contributed by atoms with E-state index >= 15 is 0 Å². The van der Waals surface area contributed by atoms with Gasteiger partial charge in [0.15, 0.2) is 5.78 Å². The summed E-state index contributed by atoms with van der Waals surface area (Å²) in [4.78, 5) is 12.8. The molecule has 1 atom stereocenters. The fourth-order valence-corrected chi connectivity index (χ4v) is 3.93. The summed E-state index contributed by atoms with van der Waals surface area (Å²) in [6.07, 6.45) is 1.30. The normalized spacial score (nSPS) is 16.8. The van der Waals surface area contributed by atoms with E-state index in [0.717, 1.165) is 34.6 Å². The van der Waals surface area contributed by atoms with Crippen molar-refractivity contribution < 1.29 is 4.79 Å². The van der Waals surface area contributed by atoms with Crippen molar-refractivity contribution in [3.05, 3.63) is 81.6 Å². The van der Waals surface area contributed by atoms with Gasteiger partial charge in [-0.3, -0.25) is 4.79 Å². The summed E-state index contributed by atoms with van der Waals surface area (Å²) in [7, 11) is 0. The summed E-state index contributed by atoms with van der Waals surface area (Å²) < 4.78 is 1.94. The van der Waals surface area contributed by atoms with Crippen molar-refractivity contribution in [2.24, 2.45) is 0 Å². The fraction of sp³-hybridized carbons (Fsp3) is 0.238. The molecule has 0 radical (unpaired) electrons. The smallest absolute Gasteiger partial charge is 0.167 e. The lowest BCUT2D eigenvalue weighted by Gasteiger charge is -2.23. The molecule has 3 nitrogen and oxygen atoms in total. The van der Waals surface area contributed by atoms with Crippen molar-refractivity contribution in [2.45, 2.75) is 32.6 Å². The molecule has 0 aliphatic heterocycles. The molecule has 0 saturated carbocycles. The van der Waals surface area contributed by atoms with Crippen LogP contribution in [0.4, 0.5) is 0 Å². The lowest BCUT2D eigenvalue weighted by molar-refractivity contribution is 0.0963. The highest BCUT2D eigenvalue weighted by Crippen LogP contribution is 2.35. The first-order chi connectivity index (χ1) is 12.0. The van der Waals surface area contributed by atoms with Crippen LogP contribution < -0.4 is 0 Å². The highest BCUT2D eigenvalue weighted by atomic mass is 35.5. The summed E-state index contributed by atoms with van der Waals surface area (Å²) in [5.41, 5.74) is 5.90. The maximum Gasteiger partial charge on any atom is 0.167 e. The Balaban J connectivity index is 1.81. The van der Waals surface area contributed by atoms with Crippen molar-refractivity contribution in [2.75, 3.05) is 0 Å². The number of hydrogen-bond acceptors (Lipinski definition) is 2. The highest BCUT2D eigenvalue weighted by Gasteiger charge is 2.32. The molecule has 1 aliphatic rings. The average Bonchev–Trinajstić information content (AvgIpc) is 2.92. The van der Waals surface area contributed by atoms with E-state index < -0.39 is 0 Å². The van der Waals surface area contributed by atoms with Crippen LogP contribution in [0.5, 0.6) is 0 Å². The van der Waals surface area contributed by atoms with Crippen molar-refractivity contribution in [1.29, 1.82) is 0 Å². The second kappa shape index (κ2) is 6.16.